The minimum Gasteiger partial charge on any atom is -0.356 e. The Kier molecular flexibility index (Phi) is 4.26. The van der Waals surface area contributed by atoms with Gasteiger partial charge in [-0.25, -0.2) is 8.42 Å². The third-order valence-corrected chi connectivity index (χ3v) is 5.69. The maximum atomic E-state index is 12.8. The van der Waals surface area contributed by atoms with Crippen molar-refractivity contribution in [3.63, 3.8) is 0 Å². The van der Waals surface area contributed by atoms with Crippen LogP contribution in [0.5, 0.6) is 0 Å². The van der Waals surface area contributed by atoms with Crippen LogP contribution < -0.4 is 5.73 Å². The molecule has 2 aromatic rings. The topological polar surface area (TPSA) is 61.8 Å². The summed E-state index contributed by atoms with van der Waals surface area (Å²) in [6.45, 7) is 4.19. The van der Waals surface area contributed by atoms with Gasteiger partial charge in [0, 0.05) is 0 Å². The van der Waals surface area contributed by atoms with Crippen LogP contribution in [-0.4, -0.2) is 15.0 Å². The average Bonchev–Trinajstić information content (AvgIpc) is 2.42. The van der Waals surface area contributed by atoms with Crippen molar-refractivity contribution < 1.29 is 14.2 Å². The van der Waals surface area contributed by atoms with Crippen LogP contribution in [0.4, 0.5) is 0 Å². The maximum absolute atomic E-state index is 12.8. The molecule has 0 bridgehead atoms. The minimum atomic E-state index is -3.41. The van der Waals surface area contributed by atoms with Gasteiger partial charge in [0.05, 0.1) is 11.4 Å². The predicted octanol–water partition coefficient (Wildman–Crippen LogP) is 2.06. The highest BCUT2D eigenvalue weighted by molar-refractivity contribution is 7.91. The monoisotopic (exact) mass is 290 g/mol. The molecule has 20 heavy (non-hydrogen) atoms. The van der Waals surface area contributed by atoms with Crippen LogP contribution in [0.25, 0.3) is 0 Å². The Morgan fingerprint density at radius 1 is 1.00 bits per heavy atom. The van der Waals surface area contributed by atoms with Gasteiger partial charge in [0.1, 0.15) is 5.25 Å². The SMILES string of the molecule is Cc1ccc(S(=O)(=O)[C@@H](C[NH3+])c2ccccc2C)cc1. The van der Waals surface area contributed by atoms with E-state index < -0.39 is 15.1 Å². The van der Waals surface area contributed by atoms with E-state index in [0.717, 1.165) is 16.7 Å². The lowest BCUT2D eigenvalue weighted by molar-refractivity contribution is -0.367. The van der Waals surface area contributed by atoms with E-state index in [1.165, 1.54) is 0 Å². The Morgan fingerprint density at radius 2 is 1.60 bits per heavy atom. The molecule has 0 aromatic heterocycles. The molecule has 0 fully saturated rings. The molecular formula is C16H20NO2S+. The molecule has 0 aliphatic rings. The van der Waals surface area contributed by atoms with Crippen LogP contribution in [0.3, 0.4) is 0 Å². The summed E-state index contributed by atoms with van der Waals surface area (Å²) >= 11 is 0. The van der Waals surface area contributed by atoms with Gasteiger partial charge in [-0.1, -0.05) is 42.0 Å². The van der Waals surface area contributed by atoms with Crippen LogP contribution in [0.2, 0.25) is 0 Å². The first-order chi connectivity index (χ1) is 9.46. The number of rotatable bonds is 4. The van der Waals surface area contributed by atoms with Gasteiger partial charge in [-0.3, -0.25) is 0 Å². The lowest BCUT2D eigenvalue weighted by atomic mass is 10.1. The molecular weight excluding hydrogens is 270 g/mol. The van der Waals surface area contributed by atoms with Crippen molar-refractivity contribution in [3.05, 3.63) is 65.2 Å². The lowest BCUT2D eigenvalue weighted by Crippen LogP contribution is -2.54. The lowest BCUT2D eigenvalue weighted by Gasteiger charge is -2.17. The number of benzene rings is 2. The molecule has 0 saturated carbocycles. The van der Waals surface area contributed by atoms with Crippen molar-refractivity contribution in [2.75, 3.05) is 6.54 Å². The van der Waals surface area contributed by atoms with Gasteiger partial charge >= 0.3 is 0 Å². The first kappa shape index (κ1) is 14.8. The van der Waals surface area contributed by atoms with Crippen LogP contribution in [-0.2, 0) is 9.84 Å². The van der Waals surface area contributed by atoms with E-state index in [2.05, 4.69) is 5.73 Å². The van der Waals surface area contributed by atoms with Gasteiger partial charge in [0.15, 0.2) is 9.84 Å². The fraction of sp³-hybridized carbons (Fsp3) is 0.250. The Labute approximate surface area is 120 Å². The summed E-state index contributed by atoms with van der Waals surface area (Å²) in [4.78, 5) is 0.361. The second-order valence-corrected chi connectivity index (χ2v) is 7.12. The molecule has 3 nitrogen and oxygen atoms in total. The van der Waals surface area contributed by atoms with Crippen LogP contribution in [0.15, 0.2) is 53.4 Å². The number of sulfone groups is 1. The zero-order chi connectivity index (χ0) is 14.8. The Balaban J connectivity index is 2.51. The van der Waals surface area contributed by atoms with Crippen LogP contribution >= 0.6 is 0 Å². The number of hydrogen-bond donors (Lipinski definition) is 1. The van der Waals surface area contributed by atoms with Crippen molar-refractivity contribution in [3.8, 4) is 0 Å². The molecule has 0 amide bonds. The molecule has 2 rings (SSSR count). The molecule has 4 heteroatoms. The largest absolute Gasteiger partial charge is 0.356 e. The Bertz CT molecular complexity index is 691. The molecule has 0 aliphatic carbocycles. The Hall–Kier alpha value is -1.65. The van der Waals surface area contributed by atoms with Crippen molar-refractivity contribution in [2.24, 2.45) is 0 Å². The summed E-state index contributed by atoms with van der Waals surface area (Å²) in [7, 11) is -3.41. The summed E-state index contributed by atoms with van der Waals surface area (Å²) in [5.74, 6) is 0. The van der Waals surface area contributed by atoms with E-state index >= 15 is 0 Å². The number of aryl methyl sites for hydroxylation is 2. The van der Waals surface area contributed by atoms with Crippen LogP contribution in [0, 0.1) is 13.8 Å². The van der Waals surface area contributed by atoms with Crippen molar-refractivity contribution in [1.82, 2.24) is 0 Å². The van der Waals surface area contributed by atoms with Gasteiger partial charge in [-0.15, -0.1) is 0 Å². The third-order valence-electron chi connectivity index (χ3n) is 3.52. The van der Waals surface area contributed by atoms with Crippen molar-refractivity contribution >= 4 is 9.84 Å². The van der Waals surface area contributed by atoms with Crippen molar-refractivity contribution in [2.45, 2.75) is 24.0 Å². The molecule has 0 aliphatic heterocycles. The van der Waals surface area contributed by atoms with Gasteiger partial charge in [-0.05, 0) is 37.1 Å². The molecule has 2 aromatic carbocycles. The van der Waals surface area contributed by atoms with Gasteiger partial charge in [0.2, 0.25) is 0 Å². The third kappa shape index (κ3) is 2.76. The summed E-state index contributed by atoms with van der Waals surface area (Å²) < 4.78 is 25.6. The predicted molar refractivity (Wildman–Crippen MR) is 80.0 cm³/mol. The zero-order valence-corrected chi connectivity index (χ0v) is 12.7. The van der Waals surface area contributed by atoms with E-state index in [9.17, 15) is 8.42 Å². The highest BCUT2D eigenvalue weighted by Crippen LogP contribution is 2.29. The van der Waals surface area contributed by atoms with E-state index in [4.69, 9.17) is 0 Å². The molecule has 3 N–H and O–H groups in total. The summed E-state index contributed by atoms with van der Waals surface area (Å²) in [5, 5.41) is -0.591. The summed E-state index contributed by atoms with van der Waals surface area (Å²) in [6.07, 6.45) is 0. The van der Waals surface area contributed by atoms with E-state index in [1.807, 2.05) is 50.2 Å². The fourth-order valence-corrected chi connectivity index (χ4v) is 4.07. The smallest absolute Gasteiger partial charge is 0.190 e. The van der Waals surface area contributed by atoms with E-state index in [1.54, 1.807) is 12.1 Å². The minimum absolute atomic E-state index is 0.320. The summed E-state index contributed by atoms with van der Waals surface area (Å²) in [5.41, 5.74) is 6.70. The molecule has 106 valence electrons. The molecule has 0 spiro atoms. The molecule has 0 radical (unpaired) electrons. The molecule has 0 unspecified atom stereocenters. The van der Waals surface area contributed by atoms with E-state index in [-0.39, 0.29) is 0 Å². The van der Waals surface area contributed by atoms with Crippen molar-refractivity contribution in [1.29, 1.82) is 0 Å². The number of hydrogen-bond acceptors (Lipinski definition) is 2. The molecule has 0 heterocycles. The zero-order valence-electron chi connectivity index (χ0n) is 11.8. The van der Waals surface area contributed by atoms with Gasteiger partial charge in [-0.2, -0.15) is 0 Å². The Morgan fingerprint density at radius 3 is 2.15 bits per heavy atom. The van der Waals surface area contributed by atoms with Gasteiger partial charge in [0.25, 0.3) is 0 Å². The second kappa shape index (κ2) is 5.77. The molecule has 1 atom stereocenters. The fourth-order valence-electron chi connectivity index (χ4n) is 2.32. The highest BCUT2D eigenvalue weighted by Gasteiger charge is 2.30. The van der Waals surface area contributed by atoms with E-state index in [0.29, 0.717) is 11.4 Å². The highest BCUT2D eigenvalue weighted by atomic mass is 32.2. The quantitative estimate of drug-likeness (QED) is 0.937. The molecule has 0 saturated heterocycles. The number of quaternary nitrogens is 1. The maximum Gasteiger partial charge on any atom is 0.190 e. The average molecular weight is 290 g/mol. The standard InChI is InChI=1S/C16H19NO2S/c1-12-7-9-14(10-8-12)20(18,19)16(11-17)15-6-4-3-5-13(15)2/h3-10,16H,11,17H2,1-2H3/p+1/t16-/m0/s1. The summed E-state index contributed by atoms with van der Waals surface area (Å²) in [6, 6.07) is 14.6. The van der Waals surface area contributed by atoms with Gasteiger partial charge < -0.3 is 5.73 Å². The van der Waals surface area contributed by atoms with Crippen LogP contribution in [0.1, 0.15) is 21.9 Å². The first-order valence-electron chi connectivity index (χ1n) is 6.62. The second-order valence-electron chi connectivity index (χ2n) is 4.99. The first-order valence-corrected chi connectivity index (χ1v) is 8.17. The normalized spacial score (nSPS) is 13.2.